The van der Waals surface area contributed by atoms with E-state index in [-0.39, 0.29) is 24.5 Å². The number of rotatable bonds is 7. The highest BCUT2D eigenvalue weighted by Gasteiger charge is 2.21. The summed E-state index contributed by atoms with van der Waals surface area (Å²) in [6, 6.07) is 16.5. The Bertz CT molecular complexity index is 773. The number of amides is 2. The van der Waals surface area contributed by atoms with Crippen LogP contribution in [-0.4, -0.2) is 37.6 Å². The van der Waals surface area contributed by atoms with Crippen molar-refractivity contribution >= 4 is 17.5 Å². The zero-order valence-corrected chi connectivity index (χ0v) is 15.4. The third kappa shape index (κ3) is 5.31. The fourth-order valence-corrected chi connectivity index (χ4v) is 2.98. The molecule has 3 rings (SSSR count). The Kier molecular flexibility index (Phi) is 6.44. The van der Waals surface area contributed by atoms with Crippen LogP contribution in [0, 0.1) is 0 Å². The minimum absolute atomic E-state index is 0.0634. The van der Waals surface area contributed by atoms with Crippen molar-refractivity contribution in [2.75, 3.05) is 24.6 Å². The number of nitrogens with zero attached hydrogens (tertiary/aromatic N) is 1. The molecule has 1 saturated heterocycles. The zero-order chi connectivity index (χ0) is 19.1. The molecule has 2 aromatic rings. The molecule has 1 aliphatic rings. The van der Waals surface area contributed by atoms with Crippen molar-refractivity contribution in [2.24, 2.45) is 0 Å². The normalized spacial score (nSPS) is 16.0. The molecule has 1 heterocycles. The van der Waals surface area contributed by atoms with Gasteiger partial charge >= 0.3 is 0 Å². The number of ether oxygens (including phenoxy) is 2. The predicted molar refractivity (Wildman–Crippen MR) is 103 cm³/mol. The maximum absolute atomic E-state index is 12.4. The fraction of sp³-hybridized carbons (Fsp3) is 0.333. The largest absolute Gasteiger partial charge is 0.455 e. The minimum atomic E-state index is -0.230. The van der Waals surface area contributed by atoms with Crippen LogP contribution in [0.3, 0.4) is 0 Å². The van der Waals surface area contributed by atoms with E-state index < -0.39 is 0 Å². The molecule has 2 amide bonds. The molecule has 0 radical (unpaired) electrons. The van der Waals surface area contributed by atoms with Gasteiger partial charge in [-0.25, -0.2) is 0 Å². The summed E-state index contributed by atoms with van der Waals surface area (Å²) in [7, 11) is 0. The lowest BCUT2D eigenvalue weighted by molar-refractivity contribution is -0.123. The van der Waals surface area contributed by atoms with E-state index in [0.29, 0.717) is 23.7 Å². The molecule has 1 N–H and O–H groups in total. The third-order valence-electron chi connectivity index (χ3n) is 4.36. The quantitative estimate of drug-likeness (QED) is 0.815. The molecule has 27 heavy (non-hydrogen) atoms. The van der Waals surface area contributed by atoms with Gasteiger partial charge in [0.15, 0.2) is 5.75 Å². The summed E-state index contributed by atoms with van der Waals surface area (Å²) < 4.78 is 11.4. The van der Waals surface area contributed by atoms with Gasteiger partial charge in [-0.05, 0) is 37.1 Å². The number of carbonyl (C=O) groups excluding carboxylic acids is 2. The van der Waals surface area contributed by atoms with E-state index in [1.54, 1.807) is 12.1 Å². The van der Waals surface area contributed by atoms with Crippen molar-refractivity contribution in [2.45, 2.75) is 25.9 Å². The molecule has 0 bridgehead atoms. The average molecular weight is 368 g/mol. The first-order valence-electron chi connectivity index (χ1n) is 9.12. The first kappa shape index (κ1) is 18.9. The Balaban J connectivity index is 1.70. The first-order valence-corrected chi connectivity index (χ1v) is 9.12. The van der Waals surface area contributed by atoms with Gasteiger partial charge in [0.1, 0.15) is 12.3 Å². The van der Waals surface area contributed by atoms with Crippen molar-refractivity contribution in [3.63, 3.8) is 0 Å². The van der Waals surface area contributed by atoms with E-state index in [2.05, 4.69) is 5.32 Å². The first-order chi connectivity index (χ1) is 13.1. The molecule has 0 spiro atoms. The van der Waals surface area contributed by atoms with Gasteiger partial charge in [-0.3, -0.25) is 14.5 Å². The predicted octanol–water partition coefficient (Wildman–Crippen LogP) is 3.13. The topological polar surface area (TPSA) is 67.9 Å². The van der Waals surface area contributed by atoms with Crippen molar-refractivity contribution in [1.29, 1.82) is 0 Å². The van der Waals surface area contributed by atoms with E-state index in [1.807, 2.05) is 42.5 Å². The van der Waals surface area contributed by atoms with E-state index in [0.717, 1.165) is 19.4 Å². The summed E-state index contributed by atoms with van der Waals surface area (Å²) in [6.07, 6.45) is 2.03. The maximum Gasteiger partial charge on any atom is 0.240 e. The smallest absolute Gasteiger partial charge is 0.240 e. The molecule has 142 valence electrons. The SMILES string of the molecule is CC(=O)N(CC(=O)NCC1CCCO1)c1ccccc1Oc1ccccc1. The van der Waals surface area contributed by atoms with Crippen LogP contribution in [0.2, 0.25) is 0 Å². The van der Waals surface area contributed by atoms with Gasteiger partial charge in [-0.15, -0.1) is 0 Å². The summed E-state index contributed by atoms with van der Waals surface area (Å²) >= 11 is 0. The standard InChI is InChI=1S/C21H24N2O4/c1-16(24)23(15-21(25)22-14-18-10-7-13-26-18)19-11-5-6-12-20(19)27-17-8-3-2-4-9-17/h2-6,8-9,11-12,18H,7,10,13-15H2,1H3,(H,22,25). The van der Waals surface area contributed by atoms with Gasteiger partial charge in [0.2, 0.25) is 11.8 Å². The van der Waals surface area contributed by atoms with Crippen LogP contribution in [-0.2, 0) is 14.3 Å². The van der Waals surface area contributed by atoms with Gasteiger partial charge in [-0.2, -0.15) is 0 Å². The van der Waals surface area contributed by atoms with Gasteiger partial charge in [-0.1, -0.05) is 30.3 Å². The van der Waals surface area contributed by atoms with Crippen LogP contribution in [0.5, 0.6) is 11.5 Å². The summed E-state index contributed by atoms with van der Waals surface area (Å²) in [6.45, 7) is 2.57. The summed E-state index contributed by atoms with van der Waals surface area (Å²) in [5.74, 6) is 0.726. The van der Waals surface area contributed by atoms with Crippen molar-refractivity contribution in [3.05, 3.63) is 54.6 Å². The van der Waals surface area contributed by atoms with Crippen LogP contribution in [0.25, 0.3) is 0 Å². The van der Waals surface area contributed by atoms with Gasteiger partial charge in [0, 0.05) is 20.1 Å². The van der Waals surface area contributed by atoms with Gasteiger partial charge in [0.05, 0.1) is 11.8 Å². The molecule has 1 unspecified atom stereocenters. The lowest BCUT2D eigenvalue weighted by Gasteiger charge is -2.23. The highest BCUT2D eigenvalue weighted by molar-refractivity contribution is 5.98. The molecule has 0 aliphatic carbocycles. The number of anilines is 1. The molecule has 1 aliphatic heterocycles. The van der Waals surface area contributed by atoms with Crippen LogP contribution in [0.15, 0.2) is 54.6 Å². The molecule has 6 nitrogen and oxygen atoms in total. The van der Waals surface area contributed by atoms with Gasteiger partial charge < -0.3 is 14.8 Å². The molecule has 2 aromatic carbocycles. The average Bonchev–Trinajstić information content (AvgIpc) is 3.19. The molecule has 6 heteroatoms. The minimum Gasteiger partial charge on any atom is -0.455 e. The van der Waals surface area contributed by atoms with Crippen LogP contribution in [0.1, 0.15) is 19.8 Å². The Morgan fingerprint density at radius 3 is 2.59 bits per heavy atom. The summed E-state index contributed by atoms with van der Waals surface area (Å²) in [4.78, 5) is 26.0. The molecule has 0 aromatic heterocycles. The van der Waals surface area contributed by atoms with E-state index >= 15 is 0 Å². The third-order valence-corrected chi connectivity index (χ3v) is 4.36. The summed E-state index contributed by atoms with van der Waals surface area (Å²) in [5.41, 5.74) is 0.557. The highest BCUT2D eigenvalue weighted by Crippen LogP contribution is 2.32. The van der Waals surface area contributed by atoms with Crippen LogP contribution < -0.4 is 15.0 Å². The molecule has 1 atom stereocenters. The van der Waals surface area contributed by atoms with Crippen LogP contribution >= 0.6 is 0 Å². The van der Waals surface area contributed by atoms with E-state index in [9.17, 15) is 9.59 Å². The van der Waals surface area contributed by atoms with Crippen molar-refractivity contribution < 1.29 is 19.1 Å². The monoisotopic (exact) mass is 368 g/mol. The number of nitrogens with one attached hydrogen (secondary N) is 1. The fourth-order valence-electron chi connectivity index (χ4n) is 2.98. The number of carbonyl (C=O) groups is 2. The van der Waals surface area contributed by atoms with Crippen molar-refractivity contribution in [3.8, 4) is 11.5 Å². The second-order valence-corrected chi connectivity index (χ2v) is 6.43. The van der Waals surface area contributed by atoms with Gasteiger partial charge in [0.25, 0.3) is 0 Å². The Labute approximate surface area is 159 Å². The molecule has 1 fully saturated rings. The Morgan fingerprint density at radius 1 is 1.15 bits per heavy atom. The zero-order valence-electron chi connectivity index (χ0n) is 15.4. The second-order valence-electron chi connectivity index (χ2n) is 6.43. The summed E-state index contributed by atoms with van der Waals surface area (Å²) in [5, 5.41) is 2.85. The number of hydrogen-bond acceptors (Lipinski definition) is 4. The Morgan fingerprint density at radius 2 is 1.89 bits per heavy atom. The van der Waals surface area contributed by atoms with E-state index in [1.165, 1.54) is 11.8 Å². The highest BCUT2D eigenvalue weighted by atomic mass is 16.5. The Hall–Kier alpha value is -2.86. The second kappa shape index (κ2) is 9.19. The van der Waals surface area contributed by atoms with E-state index in [4.69, 9.17) is 9.47 Å². The van der Waals surface area contributed by atoms with Crippen LogP contribution in [0.4, 0.5) is 5.69 Å². The molecular weight excluding hydrogens is 344 g/mol. The lowest BCUT2D eigenvalue weighted by atomic mass is 10.2. The number of benzene rings is 2. The maximum atomic E-state index is 12.4. The number of para-hydroxylation sites is 3. The number of hydrogen-bond donors (Lipinski definition) is 1. The molecule has 0 saturated carbocycles. The van der Waals surface area contributed by atoms with Crippen molar-refractivity contribution in [1.82, 2.24) is 5.32 Å². The lowest BCUT2D eigenvalue weighted by Crippen LogP contribution is -2.42. The molecular formula is C21H24N2O4.